The molecule has 1 aromatic rings. The molecule has 1 aromatic carbocycles. The molecule has 0 N–H and O–H groups in total. The van der Waals surface area contributed by atoms with E-state index in [9.17, 15) is 0 Å². The summed E-state index contributed by atoms with van der Waals surface area (Å²) in [5.74, 6) is 0.892. The topological polar surface area (TPSA) is 9.23 Å². The van der Waals surface area contributed by atoms with Crippen LogP contribution in [-0.2, 0) is 11.2 Å². The zero-order valence-electron chi connectivity index (χ0n) is 12.4. The fourth-order valence-corrected chi connectivity index (χ4v) is 3.34. The van der Waals surface area contributed by atoms with Gasteiger partial charge in [-0.25, -0.2) is 0 Å². The average molecular weight is 259 g/mol. The fourth-order valence-electron chi connectivity index (χ4n) is 3.34. The van der Waals surface area contributed by atoms with Crippen molar-refractivity contribution in [3.8, 4) is 0 Å². The number of methoxy groups -OCH3 is 1. The first-order valence-corrected chi connectivity index (χ1v) is 7.60. The standard InChI is InChI=1S/C18H27O/c1-4-18(15(2)19-3,14-17-11-8-12-17)13-16-9-6-5-7-10-16/h5-7,9-10,15,17H,2,4,8,11-14H2,1,3H3. The van der Waals surface area contributed by atoms with Gasteiger partial charge < -0.3 is 4.74 Å². The molecule has 1 heteroatoms. The summed E-state index contributed by atoms with van der Waals surface area (Å²) >= 11 is 0. The summed E-state index contributed by atoms with van der Waals surface area (Å²) in [7, 11) is 1.80. The molecule has 1 fully saturated rings. The van der Waals surface area contributed by atoms with Gasteiger partial charge in [-0.2, -0.15) is 0 Å². The maximum absolute atomic E-state index is 5.64. The lowest BCUT2D eigenvalue weighted by molar-refractivity contribution is -0.00939. The Morgan fingerprint density at radius 2 is 2.00 bits per heavy atom. The van der Waals surface area contributed by atoms with Gasteiger partial charge in [0.05, 0.1) is 6.10 Å². The Balaban J connectivity index is 2.15. The van der Waals surface area contributed by atoms with Gasteiger partial charge in [-0.15, -0.1) is 0 Å². The second kappa shape index (κ2) is 6.56. The van der Waals surface area contributed by atoms with Gasteiger partial charge in [-0.1, -0.05) is 56.5 Å². The van der Waals surface area contributed by atoms with Gasteiger partial charge in [0.1, 0.15) is 0 Å². The second-order valence-electron chi connectivity index (χ2n) is 6.10. The lowest BCUT2D eigenvalue weighted by Crippen LogP contribution is -2.39. The van der Waals surface area contributed by atoms with Crippen LogP contribution >= 0.6 is 0 Å². The lowest BCUT2D eigenvalue weighted by atomic mass is 9.65. The van der Waals surface area contributed by atoms with Crippen molar-refractivity contribution in [2.24, 2.45) is 11.3 Å². The summed E-state index contributed by atoms with van der Waals surface area (Å²) in [6, 6.07) is 10.8. The van der Waals surface area contributed by atoms with Crippen molar-refractivity contribution >= 4 is 0 Å². The third-order valence-corrected chi connectivity index (χ3v) is 4.99. The molecule has 1 aliphatic carbocycles. The third-order valence-electron chi connectivity index (χ3n) is 4.99. The van der Waals surface area contributed by atoms with Crippen LogP contribution in [0.4, 0.5) is 0 Å². The minimum atomic E-state index is 0.0818. The summed E-state index contributed by atoms with van der Waals surface area (Å²) in [6.45, 7) is 6.58. The van der Waals surface area contributed by atoms with Crippen LogP contribution in [0.5, 0.6) is 0 Å². The van der Waals surface area contributed by atoms with Crippen LogP contribution in [-0.4, -0.2) is 13.2 Å². The molecule has 2 unspecified atom stereocenters. The van der Waals surface area contributed by atoms with E-state index in [0.717, 1.165) is 18.8 Å². The van der Waals surface area contributed by atoms with Crippen molar-refractivity contribution in [2.45, 2.75) is 51.6 Å². The second-order valence-corrected chi connectivity index (χ2v) is 6.10. The molecule has 0 aliphatic heterocycles. The fraction of sp³-hybridized carbons (Fsp3) is 0.611. The summed E-state index contributed by atoms with van der Waals surface area (Å²) < 4.78 is 5.64. The Morgan fingerprint density at radius 3 is 2.47 bits per heavy atom. The van der Waals surface area contributed by atoms with Crippen LogP contribution in [0.3, 0.4) is 0 Å². The maximum atomic E-state index is 5.64. The van der Waals surface area contributed by atoms with Crippen LogP contribution in [0.2, 0.25) is 0 Å². The smallest absolute Gasteiger partial charge is 0.0631 e. The van der Waals surface area contributed by atoms with E-state index in [1.807, 2.05) is 0 Å². The van der Waals surface area contributed by atoms with Crippen molar-refractivity contribution in [2.75, 3.05) is 7.11 Å². The van der Waals surface area contributed by atoms with Crippen LogP contribution in [0.25, 0.3) is 0 Å². The molecule has 0 amide bonds. The Bertz CT molecular complexity index is 369. The molecule has 1 saturated carbocycles. The van der Waals surface area contributed by atoms with Crippen molar-refractivity contribution in [3.63, 3.8) is 0 Å². The molecule has 0 heterocycles. The number of hydrogen-bond acceptors (Lipinski definition) is 1. The van der Waals surface area contributed by atoms with E-state index in [1.165, 1.54) is 31.2 Å². The number of benzene rings is 1. The quantitative estimate of drug-likeness (QED) is 0.691. The minimum Gasteiger partial charge on any atom is -0.381 e. The Labute approximate surface area is 118 Å². The highest BCUT2D eigenvalue weighted by Crippen LogP contribution is 2.44. The Kier molecular flexibility index (Phi) is 5.04. The molecule has 0 aromatic heterocycles. The monoisotopic (exact) mass is 259 g/mol. The highest BCUT2D eigenvalue weighted by atomic mass is 16.5. The van der Waals surface area contributed by atoms with Crippen LogP contribution < -0.4 is 0 Å². The first kappa shape index (κ1) is 14.6. The summed E-state index contributed by atoms with van der Waals surface area (Å²) in [6.07, 6.45) is 7.77. The van der Waals surface area contributed by atoms with E-state index in [1.54, 1.807) is 7.11 Å². The van der Waals surface area contributed by atoms with Crippen molar-refractivity contribution < 1.29 is 4.74 Å². The molecule has 19 heavy (non-hydrogen) atoms. The Hall–Kier alpha value is -0.820. The van der Waals surface area contributed by atoms with Gasteiger partial charge in [0.25, 0.3) is 0 Å². The zero-order valence-corrected chi connectivity index (χ0v) is 12.4. The molecule has 105 valence electrons. The number of hydrogen-bond donors (Lipinski definition) is 0. The predicted octanol–water partition coefficient (Wildman–Crippen LogP) is 4.66. The van der Waals surface area contributed by atoms with Crippen LogP contribution in [0, 0.1) is 18.3 Å². The SMILES string of the molecule is [CH2]C(OC)C(CC)(Cc1ccccc1)CC1CCC1. The van der Waals surface area contributed by atoms with E-state index < -0.39 is 0 Å². The predicted molar refractivity (Wildman–Crippen MR) is 81.0 cm³/mol. The molecule has 2 rings (SSSR count). The minimum absolute atomic E-state index is 0.0818. The van der Waals surface area contributed by atoms with Crippen LogP contribution in [0.1, 0.15) is 44.6 Å². The summed E-state index contributed by atoms with van der Waals surface area (Å²) in [4.78, 5) is 0. The maximum Gasteiger partial charge on any atom is 0.0631 e. The Morgan fingerprint density at radius 1 is 1.32 bits per heavy atom. The lowest BCUT2D eigenvalue weighted by Gasteiger charge is -2.43. The third kappa shape index (κ3) is 3.39. The molecule has 0 spiro atoms. The largest absolute Gasteiger partial charge is 0.381 e. The van der Waals surface area contributed by atoms with Gasteiger partial charge >= 0.3 is 0 Å². The molecule has 1 aliphatic rings. The summed E-state index contributed by atoms with van der Waals surface area (Å²) in [5.41, 5.74) is 1.61. The van der Waals surface area contributed by atoms with Crippen molar-refractivity contribution in [1.82, 2.24) is 0 Å². The van der Waals surface area contributed by atoms with Gasteiger partial charge in [-0.05, 0) is 37.7 Å². The van der Waals surface area contributed by atoms with E-state index in [4.69, 9.17) is 4.74 Å². The molecular weight excluding hydrogens is 232 g/mol. The molecule has 1 nitrogen and oxygen atoms in total. The van der Waals surface area contributed by atoms with Crippen molar-refractivity contribution in [1.29, 1.82) is 0 Å². The highest BCUT2D eigenvalue weighted by Gasteiger charge is 2.38. The van der Waals surface area contributed by atoms with E-state index in [2.05, 4.69) is 44.2 Å². The molecule has 2 atom stereocenters. The number of rotatable bonds is 7. The van der Waals surface area contributed by atoms with Gasteiger partial charge in [0.15, 0.2) is 0 Å². The van der Waals surface area contributed by atoms with Gasteiger partial charge in [0.2, 0.25) is 0 Å². The molecule has 0 saturated heterocycles. The molecule has 0 bridgehead atoms. The van der Waals surface area contributed by atoms with Gasteiger partial charge in [-0.3, -0.25) is 0 Å². The molecular formula is C18H27O. The van der Waals surface area contributed by atoms with E-state index in [-0.39, 0.29) is 11.5 Å². The number of ether oxygens (including phenoxy) is 1. The first-order chi connectivity index (χ1) is 9.20. The first-order valence-electron chi connectivity index (χ1n) is 7.60. The van der Waals surface area contributed by atoms with E-state index >= 15 is 0 Å². The molecule has 1 radical (unpaired) electrons. The zero-order chi connectivity index (χ0) is 13.7. The van der Waals surface area contributed by atoms with E-state index in [0.29, 0.717) is 0 Å². The van der Waals surface area contributed by atoms with Crippen molar-refractivity contribution in [3.05, 3.63) is 42.8 Å². The normalized spacial score (nSPS) is 20.6. The van der Waals surface area contributed by atoms with Crippen LogP contribution in [0.15, 0.2) is 30.3 Å². The highest BCUT2D eigenvalue weighted by molar-refractivity contribution is 5.17. The summed E-state index contributed by atoms with van der Waals surface area (Å²) in [5, 5.41) is 0. The average Bonchev–Trinajstić information content (AvgIpc) is 2.41. The van der Waals surface area contributed by atoms with Gasteiger partial charge in [0, 0.05) is 12.5 Å².